The van der Waals surface area contributed by atoms with Crippen LogP contribution >= 0.6 is 23.4 Å². The van der Waals surface area contributed by atoms with Crippen molar-refractivity contribution in [3.05, 3.63) is 81.3 Å². The topological polar surface area (TPSA) is 74.2 Å². The number of thioether (sulfide) groups is 1. The Morgan fingerprint density at radius 1 is 1.49 bits per heavy atom. The molecule has 0 radical (unpaired) electrons. The molecule has 3 heterocycles. The first-order valence-electron chi connectivity index (χ1n) is 11.2. The Kier molecular flexibility index (Phi) is 7.78. The Morgan fingerprint density at radius 2 is 2.29 bits per heavy atom. The van der Waals surface area contributed by atoms with E-state index in [4.69, 9.17) is 22.3 Å². The Hall–Kier alpha value is -2.49. The summed E-state index contributed by atoms with van der Waals surface area (Å²) in [6.45, 7) is 1.01. The highest BCUT2D eigenvalue weighted by molar-refractivity contribution is 8.03. The molecular formula is C25H26ClF3N4OS. The van der Waals surface area contributed by atoms with Crippen molar-refractivity contribution in [1.29, 1.82) is 0 Å². The molecule has 3 unspecified atom stereocenters. The van der Waals surface area contributed by atoms with E-state index >= 15 is 4.39 Å². The summed E-state index contributed by atoms with van der Waals surface area (Å²) in [6.07, 6.45) is 6.80. The summed E-state index contributed by atoms with van der Waals surface area (Å²) < 4.78 is 43.0. The number of alkyl halides is 2. The normalized spacial score (nSPS) is 27.9. The van der Waals surface area contributed by atoms with E-state index in [2.05, 4.69) is 4.99 Å². The summed E-state index contributed by atoms with van der Waals surface area (Å²) in [6, 6.07) is 3.33. The molecule has 0 aromatic heterocycles. The minimum Gasteiger partial charge on any atom is -0.398 e. The van der Waals surface area contributed by atoms with Crippen molar-refractivity contribution in [3.63, 3.8) is 0 Å². The van der Waals surface area contributed by atoms with E-state index < -0.39 is 23.8 Å². The second kappa shape index (κ2) is 10.6. The zero-order valence-electron chi connectivity index (χ0n) is 19.0. The van der Waals surface area contributed by atoms with Crippen LogP contribution in [0, 0.1) is 5.82 Å². The zero-order valence-corrected chi connectivity index (χ0v) is 20.6. The molecule has 3 aliphatic heterocycles. The molecule has 5 nitrogen and oxygen atoms in total. The van der Waals surface area contributed by atoms with Gasteiger partial charge in [-0.05, 0) is 43.0 Å². The fraction of sp³-hybridized carbons (Fsp3) is 0.360. The van der Waals surface area contributed by atoms with E-state index in [0.717, 1.165) is 6.42 Å². The average molecular weight is 523 g/mol. The van der Waals surface area contributed by atoms with Gasteiger partial charge >= 0.3 is 0 Å². The Bertz CT molecular complexity index is 1160. The number of hydrogen-bond donors (Lipinski definition) is 2. The predicted molar refractivity (Wildman–Crippen MR) is 136 cm³/mol. The van der Waals surface area contributed by atoms with E-state index in [0.29, 0.717) is 22.7 Å². The van der Waals surface area contributed by atoms with Gasteiger partial charge in [-0.25, -0.2) is 13.2 Å². The number of benzene rings is 1. The van der Waals surface area contributed by atoms with Crippen LogP contribution in [0.3, 0.4) is 0 Å². The lowest BCUT2D eigenvalue weighted by Crippen LogP contribution is -2.40. The minimum atomic E-state index is -1.76. The maximum atomic E-state index is 16.0. The van der Waals surface area contributed by atoms with Gasteiger partial charge in [-0.15, -0.1) is 11.8 Å². The Labute approximate surface area is 211 Å². The maximum absolute atomic E-state index is 16.0. The van der Waals surface area contributed by atoms with Gasteiger partial charge < -0.3 is 15.7 Å². The predicted octanol–water partition coefficient (Wildman–Crippen LogP) is 5.40. The van der Waals surface area contributed by atoms with Crippen molar-refractivity contribution in [1.82, 2.24) is 4.90 Å². The van der Waals surface area contributed by atoms with Gasteiger partial charge in [0, 0.05) is 40.2 Å². The van der Waals surface area contributed by atoms with Crippen LogP contribution in [-0.2, 0) is 0 Å². The number of hydrogen-bond acceptors (Lipinski definition) is 6. The Balaban J connectivity index is 1.90. The third-order valence-corrected chi connectivity index (χ3v) is 7.35. The highest BCUT2D eigenvalue weighted by Crippen LogP contribution is 2.48. The molecule has 0 bridgehead atoms. The lowest BCUT2D eigenvalue weighted by molar-refractivity contribution is 0.241. The fourth-order valence-corrected chi connectivity index (χ4v) is 5.68. The average Bonchev–Trinajstić information content (AvgIpc) is 3.44. The molecule has 35 heavy (non-hydrogen) atoms. The van der Waals surface area contributed by atoms with E-state index in [1.165, 1.54) is 43.5 Å². The molecule has 4 atom stereocenters. The number of rotatable bonds is 7. The number of amidine groups is 1. The molecule has 0 amide bonds. The van der Waals surface area contributed by atoms with Crippen LogP contribution in [0.25, 0.3) is 0 Å². The van der Waals surface area contributed by atoms with Crippen LogP contribution in [0.15, 0.2) is 74.9 Å². The van der Waals surface area contributed by atoms with Crippen LogP contribution < -0.4 is 5.73 Å². The Morgan fingerprint density at radius 3 is 2.94 bits per heavy atom. The third-order valence-electron chi connectivity index (χ3n) is 5.94. The van der Waals surface area contributed by atoms with Crippen molar-refractivity contribution in [2.75, 3.05) is 13.2 Å². The molecule has 10 heteroatoms. The number of halogens is 4. The number of aliphatic hydroxyl groups is 1. The first kappa shape index (κ1) is 25.6. The molecular weight excluding hydrogens is 497 g/mol. The van der Waals surface area contributed by atoms with Crippen LogP contribution in [0.4, 0.5) is 13.2 Å². The highest BCUT2D eigenvalue weighted by atomic mass is 35.5. The maximum Gasteiger partial charge on any atom is 0.187 e. The van der Waals surface area contributed by atoms with Crippen LogP contribution in [0.2, 0.25) is 5.02 Å². The molecule has 1 saturated heterocycles. The first-order valence-corrected chi connectivity index (χ1v) is 12.5. The van der Waals surface area contributed by atoms with Gasteiger partial charge in [-0.2, -0.15) is 0 Å². The third kappa shape index (κ3) is 5.52. The van der Waals surface area contributed by atoms with E-state index in [-0.39, 0.29) is 35.5 Å². The second-order valence-electron chi connectivity index (χ2n) is 8.52. The quantitative estimate of drug-likeness (QED) is 0.286. The van der Waals surface area contributed by atoms with Gasteiger partial charge in [0.25, 0.3) is 0 Å². The summed E-state index contributed by atoms with van der Waals surface area (Å²) in [4.78, 5) is 10.5. The van der Waals surface area contributed by atoms with Gasteiger partial charge in [0.05, 0.1) is 18.4 Å². The van der Waals surface area contributed by atoms with Crippen LogP contribution in [0.5, 0.6) is 0 Å². The first-order chi connectivity index (χ1) is 16.7. The summed E-state index contributed by atoms with van der Waals surface area (Å²) in [5.41, 5.74) is 6.59. The molecule has 1 fully saturated rings. The van der Waals surface area contributed by atoms with E-state index in [1.807, 2.05) is 16.4 Å². The smallest absolute Gasteiger partial charge is 0.187 e. The second-order valence-corrected chi connectivity index (χ2v) is 10.0. The van der Waals surface area contributed by atoms with Gasteiger partial charge in [-0.1, -0.05) is 29.8 Å². The summed E-state index contributed by atoms with van der Waals surface area (Å²) >= 11 is 8.03. The van der Waals surface area contributed by atoms with Crippen molar-refractivity contribution in [2.45, 2.75) is 43.0 Å². The SMILES string of the molecule is CC(F)N=CC=C(N)C1=C2C[C@](F)(/C=C/CO)CN2C(C2CC=CS2)=NC1c1ccc(F)cc1Cl. The van der Waals surface area contributed by atoms with E-state index in [1.54, 1.807) is 17.8 Å². The molecule has 1 aromatic rings. The van der Waals surface area contributed by atoms with Gasteiger partial charge in [0.2, 0.25) is 0 Å². The molecule has 186 valence electrons. The summed E-state index contributed by atoms with van der Waals surface area (Å²) in [5, 5.41) is 11.3. The number of nitrogens with two attached hydrogens (primary N) is 1. The van der Waals surface area contributed by atoms with Gasteiger partial charge in [0.1, 0.15) is 17.7 Å². The molecule has 3 aliphatic rings. The monoisotopic (exact) mass is 522 g/mol. The van der Waals surface area contributed by atoms with Crippen LogP contribution in [0.1, 0.15) is 31.4 Å². The van der Waals surface area contributed by atoms with Gasteiger partial charge in [0.15, 0.2) is 12.0 Å². The highest BCUT2D eigenvalue weighted by Gasteiger charge is 2.47. The largest absolute Gasteiger partial charge is 0.398 e. The summed E-state index contributed by atoms with van der Waals surface area (Å²) in [7, 11) is 0. The molecule has 0 aliphatic carbocycles. The lowest BCUT2D eigenvalue weighted by Gasteiger charge is -2.35. The lowest BCUT2D eigenvalue weighted by atomic mass is 9.91. The van der Waals surface area contributed by atoms with E-state index in [9.17, 15) is 13.9 Å². The van der Waals surface area contributed by atoms with Gasteiger partial charge in [-0.3, -0.25) is 9.98 Å². The number of aliphatic hydroxyl groups excluding tert-OH is 1. The molecule has 3 N–H and O–H groups in total. The summed E-state index contributed by atoms with van der Waals surface area (Å²) in [5.74, 6) is 0.190. The van der Waals surface area contributed by atoms with Crippen LogP contribution in [-0.4, -0.2) is 52.4 Å². The minimum absolute atomic E-state index is 0.00494. The molecule has 1 aromatic carbocycles. The molecule has 4 rings (SSSR count). The van der Waals surface area contributed by atoms with Crippen molar-refractivity contribution in [3.8, 4) is 0 Å². The number of allylic oxidation sites excluding steroid dienone is 3. The fourth-order valence-electron chi connectivity index (χ4n) is 4.46. The number of nitrogens with zero attached hydrogens (tertiary/aromatic N) is 3. The number of fused-ring (bicyclic) bond motifs is 1. The number of aliphatic imine (C=N–C) groups is 2. The van der Waals surface area contributed by atoms with Crippen molar-refractivity contribution < 1.29 is 18.3 Å². The van der Waals surface area contributed by atoms with Crippen molar-refractivity contribution >= 4 is 35.4 Å². The van der Waals surface area contributed by atoms with Crippen molar-refractivity contribution in [2.24, 2.45) is 15.7 Å². The standard InChI is InChI=1S/C25H26ClF3N4OS/c1-15(27)31-9-7-19(30)22-20-13-25(29,8-3-10-34)14-33(20)24(21-4-2-11-35-21)32-23(22)17-6-5-16(28)12-18(17)26/h2-3,5-9,11-12,15,21,23,34H,4,10,13-14,30H2,1H3/b8-3+,19-7?,31-9?/t15?,21?,23?,25-/m1/s1. The molecule has 0 spiro atoms. The zero-order chi connectivity index (χ0) is 25.2. The molecule has 0 saturated carbocycles.